The van der Waals surface area contributed by atoms with Gasteiger partial charge in [0.2, 0.25) is 5.88 Å². The molecule has 0 saturated carbocycles. The molecule has 0 fully saturated rings. The Morgan fingerprint density at radius 2 is 2.04 bits per heavy atom. The maximum Gasteiger partial charge on any atom is 0.416 e. The highest BCUT2D eigenvalue weighted by Gasteiger charge is 2.30. The second kappa shape index (κ2) is 7.43. The van der Waals surface area contributed by atoms with Gasteiger partial charge < -0.3 is 15.2 Å². The Bertz CT molecular complexity index is 647. The lowest BCUT2D eigenvalue weighted by molar-refractivity contribution is -0.137. The van der Waals surface area contributed by atoms with Crippen molar-refractivity contribution in [2.75, 3.05) is 6.61 Å². The predicted molar refractivity (Wildman–Crippen MR) is 79.1 cm³/mol. The van der Waals surface area contributed by atoms with Gasteiger partial charge >= 0.3 is 6.18 Å². The summed E-state index contributed by atoms with van der Waals surface area (Å²) in [6.45, 7) is 2.16. The molecule has 7 heteroatoms. The summed E-state index contributed by atoms with van der Waals surface area (Å²) in [5.41, 5.74) is -0.0929. The molecule has 1 aromatic heterocycles. The summed E-state index contributed by atoms with van der Waals surface area (Å²) >= 11 is 0. The van der Waals surface area contributed by atoms with E-state index in [9.17, 15) is 13.2 Å². The summed E-state index contributed by atoms with van der Waals surface area (Å²) in [5.74, 6) is 0.291. The second-order valence-corrected chi connectivity index (χ2v) is 5.06. The minimum absolute atomic E-state index is 0.0237. The molecular formula is C16H17F3N2O2. The summed E-state index contributed by atoms with van der Waals surface area (Å²) in [6.07, 6.45) is -2.92. The Balaban J connectivity index is 2.17. The number of ether oxygens (including phenoxy) is 1. The Morgan fingerprint density at radius 3 is 2.74 bits per heavy atom. The number of aliphatic hydroxyl groups is 1. The molecular weight excluding hydrogens is 309 g/mol. The minimum atomic E-state index is -4.43. The van der Waals surface area contributed by atoms with Crippen LogP contribution in [0.3, 0.4) is 0 Å². The number of rotatable bonds is 6. The maximum absolute atomic E-state index is 12.7. The van der Waals surface area contributed by atoms with Gasteiger partial charge in [-0.05, 0) is 31.2 Å². The quantitative estimate of drug-likeness (QED) is 0.855. The fourth-order valence-corrected chi connectivity index (χ4v) is 1.85. The van der Waals surface area contributed by atoms with Gasteiger partial charge in [-0.2, -0.15) is 13.2 Å². The van der Waals surface area contributed by atoms with E-state index in [4.69, 9.17) is 9.84 Å². The van der Waals surface area contributed by atoms with E-state index in [0.717, 1.165) is 12.1 Å². The lowest BCUT2D eigenvalue weighted by Gasteiger charge is -2.14. The predicted octanol–water partition coefficient (Wildman–Crippen LogP) is 3.36. The van der Waals surface area contributed by atoms with Crippen molar-refractivity contribution in [1.29, 1.82) is 0 Å². The summed E-state index contributed by atoms with van der Waals surface area (Å²) in [5, 5.41) is 12.1. The van der Waals surface area contributed by atoms with Crippen molar-refractivity contribution < 1.29 is 23.0 Å². The number of nitrogens with one attached hydrogen (secondary N) is 1. The number of halogens is 3. The van der Waals surface area contributed by atoms with Gasteiger partial charge in [0.1, 0.15) is 5.75 Å². The number of aromatic nitrogens is 1. The van der Waals surface area contributed by atoms with Gasteiger partial charge in [0.25, 0.3) is 0 Å². The van der Waals surface area contributed by atoms with Crippen molar-refractivity contribution in [3.8, 4) is 11.6 Å². The molecule has 0 saturated heterocycles. The zero-order valence-electron chi connectivity index (χ0n) is 12.5. The van der Waals surface area contributed by atoms with Crippen LogP contribution in [0.15, 0.2) is 42.6 Å². The number of benzene rings is 1. The van der Waals surface area contributed by atoms with Gasteiger partial charge in [-0.25, -0.2) is 4.98 Å². The molecule has 4 nitrogen and oxygen atoms in total. The standard InChI is InChI=1S/C16H17F3N2O2/c1-11(10-22)21-9-12-4-3-7-20-15(12)23-14-6-2-5-13(8-14)16(17,18)19/h2-8,11,21-22H,9-10H2,1H3/t11-/m1/s1. The summed E-state index contributed by atoms with van der Waals surface area (Å²) < 4.78 is 43.7. The van der Waals surface area contributed by atoms with Crippen molar-refractivity contribution in [2.45, 2.75) is 25.7 Å². The zero-order valence-corrected chi connectivity index (χ0v) is 12.5. The molecule has 124 valence electrons. The molecule has 1 aromatic carbocycles. The molecule has 0 spiro atoms. The molecule has 2 N–H and O–H groups in total. The van der Waals surface area contributed by atoms with Gasteiger partial charge in [-0.3, -0.25) is 0 Å². The molecule has 0 aliphatic rings. The van der Waals surface area contributed by atoms with E-state index in [2.05, 4.69) is 10.3 Å². The smallest absolute Gasteiger partial charge is 0.416 e. The van der Waals surface area contributed by atoms with Crippen molar-refractivity contribution in [1.82, 2.24) is 10.3 Å². The Labute approximate surface area is 131 Å². The first-order valence-electron chi connectivity index (χ1n) is 7.03. The molecule has 23 heavy (non-hydrogen) atoms. The normalized spacial score (nSPS) is 12.9. The highest BCUT2D eigenvalue weighted by atomic mass is 19.4. The average molecular weight is 326 g/mol. The fraction of sp³-hybridized carbons (Fsp3) is 0.312. The van der Waals surface area contributed by atoms with E-state index >= 15 is 0 Å². The summed E-state index contributed by atoms with van der Waals surface area (Å²) in [6, 6.07) is 7.99. The van der Waals surface area contributed by atoms with Gasteiger partial charge in [0.15, 0.2) is 0 Å². The zero-order chi connectivity index (χ0) is 16.9. The van der Waals surface area contributed by atoms with E-state index in [1.807, 2.05) is 6.92 Å². The van der Waals surface area contributed by atoms with E-state index in [1.54, 1.807) is 12.1 Å². The van der Waals surface area contributed by atoms with Gasteiger partial charge in [0.05, 0.1) is 12.2 Å². The van der Waals surface area contributed by atoms with Gasteiger partial charge in [-0.1, -0.05) is 12.1 Å². The first-order chi connectivity index (χ1) is 10.9. The lowest BCUT2D eigenvalue weighted by atomic mass is 10.2. The van der Waals surface area contributed by atoms with Crippen molar-refractivity contribution in [3.05, 3.63) is 53.7 Å². The third-order valence-electron chi connectivity index (χ3n) is 3.14. The minimum Gasteiger partial charge on any atom is -0.439 e. The molecule has 0 bridgehead atoms. The van der Waals surface area contributed by atoms with Gasteiger partial charge in [0, 0.05) is 24.3 Å². The monoisotopic (exact) mass is 326 g/mol. The molecule has 1 atom stereocenters. The number of alkyl halides is 3. The second-order valence-electron chi connectivity index (χ2n) is 5.06. The van der Waals surface area contributed by atoms with Crippen LogP contribution in [0, 0.1) is 0 Å². The van der Waals surface area contributed by atoms with Crippen LogP contribution in [-0.4, -0.2) is 22.7 Å². The molecule has 0 unspecified atom stereocenters. The molecule has 2 aromatic rings. The van der Waals surface area contributed by atoms with Crippen molar-refractivity contribution >= 4 is 0 Å². The number of pyridine rings is 1. The SMILES string of the molecule is C[C@H](CO)NCc1cccnc1Oc1cccc(C(F)(F)F)c1. The van der Waals surface area contributed by atoms with Gasteiger partial charge in [-0.15, -0.1) is 0 Å². The first-order valence-corrected chi connectivity index (χ1v) is 7.03. The summed E-state index contributed by atoms with van der Waals surface area (Å²) in [7, 11) is 0. The van der Waals surface area contributed by atoms with Crippen LogP contribution < -0.4 is 10.1 Å². The molecule has 2 rings (SSSR count). The van der Waals surface area contributed by atoms with E-state index in [0.29, 0.717) is 12.1 Å². The third-order valence-corrected chi connectivity index (χ3v) is 3.14. The molecule has 0 amide bonds. The van der Waals surface area contributed by atoms with Crippen LogP contribution in [0.1, 0.15) is 18.1 Å². The van der Waals surface area contributed by atoms with Crippen molar-refractivity contribution in [3.63, 3.8) is 0 Å². The van der Waals surface area contributed by atoms with Crippen LogP contribution in [0.25, 0.3) is 0 Å². The average Bonchev–Trinajstić information content (AvgIpc) is 2.53. The first kappa shape index (κ1) is 17.2. The van der Waals surface area contributed by atoms with Crippen molar-refractivity contribution in [2.24, 2.45) is 0 Å². The number of nitrogens with zero attached hydrogens (tertiary/aromatic N) is 1. The lowest BCUT2D eigenvalue weighted by Crippen LogP contribution is -2.28. The third kappa shape index (κ3) is 4.94. The molecule has 0 radical (unpaired) electrons. The number of hydrogen-bond donors (Lipinski definition) is 2. The van der Waals surface area contributed by atoms with E-state index in [1.165, 1.54) is 18.3 Å². The Hall–Kier alpha value is -2.12. The largest absolute Gasteiger partial charge is 0.439 e. The molecule has 0 aliphatic carbocycles. The van der Waals surface area contributed by atoms with Crippen LogP contribution in [0.2, 0.25) is 0 Å². The highest BCUT2D eigenvalue weighted by Crippen LogP contribution is 2.32. The topological polar surface area (TPSA) is 54.4 Å². The Kier molecular flexibility index (Phi) is 5.57. The number of aliphatic hydroxyl groups excluding tert-OH is 1. The Morgan fingerprint density at radius 1 is 1.26 bits per heavy atom. The van der Waals surface area contributed by atoms with Crippen LogP contribution in [0.4, 0.5) is 13.2 Å². The molecule has 0 aliphatic heterocycles. The maximum atomic E-state index is 12.7. The highest BCUT2D eigenvalue weighted by molar-refractivity contribution is 5.35. The molecule has 1 heterocycles. The fourth-order valence-electron chi connectivity index (χ4n) is 1.85. The van der Waals surface area contributed by atoms with Crippen LogP contribution in [-0.2, 0) is 12.7 Å². The van der Waals surface area contributed by atoms with Crippen LogP contribution in [0.5, 0.6) is 11.6 Å². The van der Waals surface area contributed by atoms with Crippen LogP contribution >= 0.6 is 0 Å². The van der Waals surface area contributed by atoms with E-state index in [-0.39, 0.29) is 24.3 Å². The number of hydrogen-bond acceptors (Lipinski definition) is 4. The van der Waals surface area contributed by atoms with E-state index < -0.39 is 11.7 Å². The summed E-state index contributed by atoms with van der Waals surface area (Å²) in [4.78, 5) is 4.06.